The number of carbonyl (C=O) groups is 2. The first-order valence-corrected chi connectivity index (χ1v) is 12.7. The Labute approximate surface area is 202 Å². The van der Waals surface area contributed by atoms with Gasteiger partial charge in [0.05, 0.1) is 19.8 Å². The highest BCUT2D eigenvalue weighted by molar-refractivity contribution is 7.92. The molecule has 0 bridgehead atoms. The Balaban J connectivity index is 1.45. The highest BCUT2D eigenvalue weighted by atomic mass is 32.2. The van der Waals surface area contributed by atoms with E-state index in [9.17, 15) is 18.0 Å². The number of carbonyl (C=O) groups excluding carboxylic acids is 2. The molecule has 0 unspecified atom stereocenters. The zero-order chi connectivity index (χ0) is 24.6. The van der Waals surface area contributed by atoms with Crippen molar-refractivity contribution in [3.05, 3.63) is 58.9 Å². The van der Waals surface area contributed by atoms with Crippen LogP contribution in [0.5, 0.6) is 5.75 Å². The Bertz CT molecular complexity index is 1250. The molecule has 35 heavy (non-hydrogen) atoms. The van der Waals surface area contributed by atoms with Crippen molar-refractivity contribution >= 4 is 27.8 Å². The molecule has 5 rings (SSSR count). The van der Waals surface area contributed by atoms with Crippen molar-refractivity contribution < 1.29 is 31.9 Å². The molecule has 2 N–H and O–H groups in total. The lowest BCUT2D eigenvalue weighted by molar-refractivity contribution is -0.117. The van der Waals surface area contributed by atoms with E-state index in [-0.39, 0.29) is 42.1 Å². The fourth-order valence-corrected chi connectivity index (χ4v) is 5.43. The van der Waals surface area contributed by atoms with Gasteiger partial charge in [0.15, 0.2) is 5.82 Å². The average molecular weight is 505 g/mol. The summed E-state index contributed by atoms with van der Waals surface area (Å²) in [6.45, 7) is 1.54. The zero-order valence-electron chi connectivity index (χ0n) is 18.8. The molecule has 2 aromatic rings. The minimum absolute atomic E-state index is 0.0214. The van der Waals surface area contributed by atoms with Gasteiger partial charge in [-0.2, -0.15) is 8.42 Å². The van der Waals surface area contributed by atoms with Crippen molar-refractivity contribution in [3.63, 3.8) is 0 Å². The molecule has 0 atom stereocenters. The van der Waals surface area contributed by atoms with Gasteiger partial charge in [0.1, 0.15) is 24.6 Å². The Morgan fingerprint density at radius 2 is 2.00 bits per heavy atom. The molecule has 2 saturated heterocycles. The normalized spacial score (nSPS) is 19.1. The minimum atomic E-state index is -4.28. The minimum Gasteiger partial charge on any atom is -0.487 e. The van der Waals surface area contributed by atoms with E-state index in [1.807, 2.05) is 35.1 Å². The molecule has 0 aromatic heterocycles. The maximum absolute atomic E-state index is 16.0. The summed E-state index contributed by atoms with van der Waals surface area (Å²) in [6, 6.07) is 10.5. The van der Waals surface area contributed by atoms with Crippen LogP contribution in [0.15, 0.2) is 36.4 Å². The second-order valence-electron chi connectivity index (χ2n) is 8.75. The van der Waals surface area contributed by atoms with E-state index in [1.165, 1.54) is 4.90 Å². The standard InChI is InChI=1S/C23H25FN4O6S/c24-21-18-10-27(23(30)25-9-16-12-33-13-16)7-6-17(18)8-19(34-14-15-4-2-1-3-5-15)22(21)28-11-20(29)26-35(28,31)32/h1-5,8,16H,6-7,9-14H2,(H,25,30)(H,26,29). The summed E-state index contributed by atoms with van der Waals surface area (Å²) in [6.07, 6.45) is 0.373. The van der Waals surface area contributed by atoms with E-state index >= 15 is 4.39 Å². The number of fused-ring (bicyclic) bond motifs is 1. The second kappa shape index (κ2) is 9.34. The van der Waals surface area contributed by atoms with Crippen LogP contribution in [0, 0.1) is 11.7 Å². The summed E-state index contributed by atoms with van der Waals surface area (Å²) >= 11 is 0. The number of hydrogen-bond donors (Lipinski definition) is 2. The van der Waals surface area contributed by atoms with Crippen molar-refractivity contribution in [1.82, 2.24) is 14.9 Å². The topological polar surface area (TPSA) is 117 Å². The molecule has 2 fully saturated rings. The lowest BCUT2D eigenvalue weighted by Crippen LogP contribution is -2.47. The number of amides is 3. The molecule has 186 valence electrons. The average Bonchev–Trinajstić information content (AvgIpc) is 3.08. The molecule has 0 saturated carbocycles. The second-order valence-corrected chi connectivity index (χ2v) is 10.3. The summed E-state index contributed by atoms with van der Waals surface area (Å²) in [4.78, 5) is 26.0. The van der Waals surface area contributed by atoms with Crippen LogP contribution in [0.2, 0.25) is 0 Å². The SMILES string of the molecule is O=C1CN(c2c(OCc3ccccc3)cc3c(c2F)CN(C(=O)NCC2COC2)CC3)S(=O)(=O)N1. The first-order chi connectivity index (χ1) is 16.8. The van der Waals surface area contributed by atoms with Gasteiger partial charge in [-0.05, 0) is 23.6 Å². The lowest BCUT2D eigenvalue weighted by atomic mass is 9.97. The summed E-state index contributed by atoms with van der Waals surface area (Å²) in [5, 5.41) is 2.84. The number of hydrogen-bond acceptors (Lipinski definition) is 6. The number of anilines is 1. The Morgan fingerprint density at radius 1 is 1.23 bits per heavy atom. The molecule has 3 aliphatic rings. The third-order valence-electron chi connectivity index (χ3n) is 6.24. The van der Waals surface area contributed by atoms with Crippen LogP contribution in [0.4, 0.5) is 14.9 Å². The number of nitrogens with one attached hydrogen (secondary N) is 2. The molecular weight excluding hydrogens is 479 g/mol. The van der Waals surface area contributed by atoms with Crippen molar-refractivity contribution in [2.24, 2.45) is 5.92 Å². The van der Waals surface area contributed by atoms with Gasteiger partial charge in [0, 0.05) is 24.6 Å². The van der Waals surface area contributed by atoms with Gasteiger partial charge in [-0.15, -0.1) is 0 Å². The van der Waals surface area contributed by atoms with Crippen LogP contribution in [-0.2, 0) is 39.3 Å². The van der Waals surface area contributed by atoms with Gasteiger partial charge in [0.25, 0.3) is 5.91 Å². The number of ether oxygens (including phenoxy) is 2. The van der Waals surface area contributed by atoms with Crippen LogP contribution >= 0.6 is 0 Å². The summed E-state index contributed by atoms with van der Waals surface area (Å²) in [5.74, 6) is -1.30. The molecule has 0 spiro atoms. The molecule has 3 aliphatic heterocycles. The summed E-state index contributed by atoms with van der Waals surface area (Å²) < 4.78 is 54.6. The van der Waals surface area contributed by atoms with Gasteiger partial charge in [-0.25, -0.2) is 18.2 Å². The Kier molecular flexibility index (Phi) is 6.24. The van der Waals surface area contributed by atoms with Gasteiger partial charge in [-0.3, -0.25) is 4.79 Å². The largest absolute Gasteiger partial charge is 0.487 e. The van der Waals surface area contributed by atoms with E-state index in [2.05, 4.69) is 5.32 Å². The predicted octanol–water partition coefficient (Wildman–Crippen LogP) is 1.30. The highest BCUT2D eigenvalue weighted by Crippen LogP contribution is 2.40. The molecule has 3 amide bonds. The van der Waals surface area contributed by atoms with Crippen molar-refractivity contribution in [1.29, 1.82) is 0 Å². The Hall–Kier alpha value is -3.38. The monoisotopic (exact) mass is 504 g/mol. The molecule has 2 aromatic carbocycles. The van der Waals surface area contributed by atoms with E-state index < -0.39 is 28.5 Å². The van der Waals surface area contributed by atoms with Crippen LogP contribution in [0.3, 0.4) is 0 Å². The van der Waals surface area contributed by atoms with E-state index in [0.29, 0.717) is 42.6 Å². The summed E-state index contributed by atoms with van der Waals surface area (Å²) in [5.41, 5.74) is 1.30. The number of halogens is 1. The van der Waals surface area contributed by atoms with Gasteiger partial charge in [0.2, 0.25) is 0 Å². The maximum Gasteiger partial charge on any atom is 0.326 e. The Morgan fingerprint density at radius 3 is 2.66 bits per heavy atom. The van der Waals surface area contributed by atoms with Crippen molar-refractivity contribution in [2.75, 3.05) is 37.2 Å². The van der Waals surface area contributed by atoms with Crippen LogP contribution in [0.1, 0.15) is 16.7 Å². The van der Waals surface area contributed by atoms with Gasteiger partial charge < -0.3 is 19.7 Å². The third-order valence-corrected chi connectivity index (χ3v) is 7.62. The quantitative estimate of drug-likeness (QED) is 0.613. The molecular formula is C23H25FN4O6S. The number of rotatable bonds is 6. The zero-order valence-corrected chi connectivity index (χ0v) is 19.6. The molecule has 0 radical (unpaired) electrons. The van der Waals surface area contributed by atoms with Crippen LogP contribution in [-0.4, -0.2) is 58.1 Å². The van der Waals surface area contributed by atoms with Crippen molar-refractivity contribution in [2.45, 2.75) is 19.6 Å². The highest BCUT2D eigenvalue weighted by Gasteiger charge is 2.39. The molecule has 3 heterocycles. The molecule has 0 aliphatic carbocycles. The van der Waals surface area contributed by atoms with E-state index in [4.69, 9.17) is 9.47 Å². The van der Waals surface area contributed by atoms with Crippen molar-refractivity contribution in [3.8, 4) is 5.75 Å². The van der Waals surface area contributed by atoms with Crippen LogP contribution < -0.4 is 19.1 Å². The fraction of sp³-hybridized carbons (Fsp3) is 0.391. The van der Waals surface area contributed by atoms with Gasteiger partial charge >= 0.3 is 16.2 Å². The molecule has 10 nitrogen and oxygen atoms in total. The predicted molar refractivity (Wildman–Crippen MR) is 123 cm³/mol. The summed E-state index contributed by atoms with van der Waals surface area (Å²) in [7, 11) is -4.28. The number of nitrogens with zero attached hydrogens (tertiary/aromatic N) is 2. The lowest BCUT2D eigenvalue weighted by Gasteiger charge is -2.32. The first-order valence-electron chi connectivity index (χ1n) is 11.3. The third kappa shape index (κ3) is 4.76. The van der Waals surface area contributed by atoms with Crippen LogP contribution in [0.25, 0.3) is 0 Å². The maximum atomic E-state index is 16.0. The van der Waals surface area contributed by atoms with Gasteiger partial charge in [-0.1, -0.05) is 30.3 Å². The smallest absolute Gasteiger partial charge is 0.326 e. The van der Waals surface area contributed by atoms with E-state index in [0.717, 1.165) is 5.56 Å². The first kappa shape index (κ1) is 23.4. The van der Waals surface area contributed by atoms with E-state index in [1.54, 1.807) is 6.07 Å². The number of urea groups is 1. The fourth-order valence-electron chi connectivity index (χ4n) is 4.27. The molecule has 12 heteroatoms. The number of benzene rings is 2.